The lowest BCUT2D eigenvalue weighted by molar-refractivity contribution is 0.134. The van der Waals surface area contributed by atoms with Gasteiger partial charge in [-0.1, -0.05) is 26.7 Å². The van der Waals surface area contributed by atoms with Crippen molar-refractivity contribution in [1.82, 2.24) is 0 Å². The first-order chi connectivity index (χ1) is 6.20. The molecule has 1 nitrogen and oxygen atoms in total. The molecule has 3 heteroatoms. The summed E-state index contributed by atoms with van der Waals surface area (Å²) in [5, 5.41) is 0.791. The lowest BCUT2D eigenvalue weighted by Crippen LogP contribution is -2.15. The summed E-state index contributed by atoms with van der Waals surface area (Å²) in [5.74, 6) is 0. The van der Waals surface area contributed by atoms with E-state index in [-0.39, 0.29) is 0 Å². The summed E-state index contributed by atoms with van der Waals surface area (Å²) >= 11 is 8.83. The Kier molecular flexibility index (Phi) is 9.69. The van der Waals surface area contributed by atoms with Crippen LogP contribution in [0.15, 0.2) is 0 Å². The SMILES string of the molecule is CCCC(S)COCC(S)CCC. The van der Waals surface area contributed by atoms with Crippen LogP contribution >= 0.6 is 25.3 Å². The Morgan fingerprint density at radius 2 is 1.31 bits per heavy atom. The van der Waals surface area contributed by atoms with E-state index in [2.05, 4.69) is 39.1 Å². The van der Waals surface area contributed by atoms with Crippen molar-refractivity contribution in [2.45, 2.75) is 50.0 Å². The molecule has 0 bridgehead atoms. The third-order valence-corrected chi connectivity index (χ3v) is 2.68. The van der Waals surface area contributed by atoms with Gasteiger partial charge < -0.3 is 4.74 Å². The van der Waals surface area contributed by atoms with E-state index in [0.717, 1.165) is 26.1 Å². The lowest BCUT2D eigenvalue weighted by atomic mass is 10.2. The van der Waals surface area contributed by atoms with Crippen LogP contribution in [0.3, 0.4) is 0 Å². The average Bonchev–Trinajstić information content (AvgIpc) is 2.05. The van der Waals surface area contributed by atoms with Crippen molar-refractivity contribution >= 4 is 25.3 Å². The highest BCUT2D eigenvalue weighted by molar-refractivity contribution is 7.81. The molecule has 13 heavy (non-hydrogen) atoms. The molecule has 0 aliphatic carbocycles. The van der Waals surface area contributed by atoms with E-state index < -0.39 is 0 Å². The molecule has 2 unspecified atom stereocenters. The first-order valence-corrected chi connectivity index (χ1v) is 6.17. The highest BCUT2D eigenvalue weighted by Crippen LogP contribution is 2.08. The first kappa shape index (κ1) is 13.7. The predicted octanol–water partition coefficient (Wildman–Crippen LogP) is 3.20. The molecule has 2 atom stereocenters. The molecule has 0 aliphatic heterocycles. The molecule has 0 aliphatic rings. The fourth-order valence-corrected chi connectivity index (χ4v) is 1.90. The van der Waals surface area contributed by atoms with Crippen LogP contribution in [0.4, 0.5) is 0 Å². The van der Waals surface area contributed by atoms with Gasteiger partial charge in [0.15, 0.2) is 0 Å². The third-order valence-electron chi connectivity index (χ3n) is 1.86. The van der Waals surface area contributed by atoms with Gasteiger partial charge >= 0.3 is 0 Å². The van der Waals surface area contributed by atoms with E-state index in [4.69, 9.17) is 4.74 Å². The van der Waals surface area contributed by atoms with Gasteiger partial charge in [0.2, 0.25) is 0 Å². The van der Waals surface area contributed by atoms with Crippen molar-refractivity contribution in [2.24, 2.45) is 0 Å². The van der Waals surface area contributed by atoms with Gasteiger partial charge in [0.1, 0.15) is 0 Å². The maximum Gasteiger partial charge on any atom is 0.0583 e. The normalized spacial score (nSPS) is 15.7. The van der Waals surface area contributed by atoms with Crippen molar-refractivity contribution < 1.29 is 4.74 Å². The molecule has 0 amide bonds. The first-order valence-electron chi connectivity index (χ1n) is 5.14. The van der Waals surface area contributed by atoms with E-state index in [0.29, 0.717) is 10.5 Å². The van der Waals surface area contributed by atoms with Gasteiger partial charge in [-0.2, -0.15) is 25.3 Å². The van der Waals surface area contributed by atoms with Crippen molar-refractivity contribution in [3.63, 3.8) is 0 Å². The fourth-order valence-electron chi connectivity index (χ4n) is 1.17. The summed E-state index contributed by atoms with van der Waals surface area (Å²) in [6, 6.07) is 0. The molecular weight excluding hydrogens is 200 g/mol. The summed E-state index contributed by atoms with van der Waals surface area (Å²) in [6.07, 6.45) is 4.62. The van der Waals surface area contributed by atoms with Crippen LogP contribution in [0.2, 0.25) is 0 Å². The standard InChI is InChI=1S/C10H22OS2/c1-3-5-9(12)7-11-8-10(13)6-4-2/h9-10,12-13H,3-8H2,1-2H3. The van der Waals surface area contributed by atoms with Crippen molar-refractivity contribution in [3.8, 4) is 0 Å². The van der Waals surface area contributed by atoms with E-state index in [9.17, 15) is 0 Å². The van der Waals surface area contributed by atoms with Gasteiger partial charge in [0, 0.05) is 10.5 Å². The highest BCUT2D eigenvalue weighted by atomic mass is 32.1. The number of ether oxygens (including phenoxy) is 1. The van der Waals surface area contributed by atoms with E-state index in [1.165, 1.54) is 12.8 Å². The molecule has 0 aromatic rings. The van der Waals surface area contributed by atoms with Crippen LogP contribution in [0.1, 0.15) is 39.5 Å². The molecule has 0 saturated heterocycles. The molecule has 0 aromatic carbocycles. The van der Waals surface area contributed by atoms with Crippen molar-refractivity contribution in [2.75, 3.05) is 13.2 Å². The number of hydrogen-bond donors (Lipinski definition) is 2. The van der Waals surface area contributed by atoms with Crippen LogP contribution in [0, 0.1) is 0 Å². The number of rotatable bonds is 8. The largest absolute Gasteiger partial charge is 0.379 e. The number of hydrogen-bond acceptors (Lipinski definition) is 3. The topological polar surface area (TPSA) is 9.23 Å². The molecule has 0 fully saturated rings. The highest BCUT2D eigenvalue weighted by Gasteiger charge is 2.04. The third kappa shape index (κ3) is 8.98. The van der Waals surface area contributed by atoms with Gasteiger partial charge in [-0.15, -0.1) is 0 Å². The quantitative estimate of drug-likeness (QED) is 0.600. The van der Waals surface area contributed by atoms with Crippen LogP contribution in [0.5, 0.6) is 0 Å². The molecular formula is C10H22OS2. The molecule has 0 radical (unpaired) electrons. The van der Waals surface area contributed by atoms with Crippen LogP contribution in [-0.2, 0) is 4.74 Å². The van der Waals surface area contributed by atoms with Crippen LogP contribution in [0.25, 0.3) is 0 Å². The molecule has 0 heterocycles. The second kappa shape index (κ2) is 9.22. The minimum Gasteiger partial charge on any atom is -0.379 e. The molecule has 80 valence electrons. The Hall–Kier alpha value is 0.660. The fraction of sp³-hybridized carbons (Fsp3) is 1.00. The molecule has 0 N–H and O–H groups in total. The average molecular weight is 222 g/mol. The van der Waals surface area contributed by atoms with Crippen LogP contribution in [-0.4, -0.2) is 23.7 Å². The smallest absolute Gasteiger partial charge is 0.0583 e. The summed E-state index contributed by atoms with van der Waals surface area (Å²) in [6.45, 7) is 5.86. The Balaban J connectivity index is 3.23. The summed E-state index contributed by atoms with van der Waals surface area (Å²) in [5.41, 5.74) is 0. The van der Waals surface area contributed by atoms with Crippen molar-refractivity contribution in [3.05, 3.63) is 0 Å². The minimum absolute atomic E-state index is 0.396. The zero-order chi connectivity index (χ0) is 10.1. The Morgan fingerprint density at radius 1 is 0.923 bits per heavy atom. The van der Waals surface area contributed by atoms with Gasteiger partial charge in [0.25, 0.3) is 0 Å². The molecule has 0 aromatic heterocycles. The second-order valence-corrected chi connectivity index (χ2v) is 4.88. The summed E-state index contributed by atoms with van der Waals surface area (Å²) < 4.78 is 5.51. The molecule has 0 rings (SSSR count). The Morgan fingerprint density at radius 3 is 1.62 bits per heavy atom. The van der Waals surface area contributed by atoms with E-state index in [1.54, 1.807) is 0 Å². The predicted molar refractivity (Wildman–Crippen MR) is 66.2 cm³/mol. The number of thiol groups is 2. The lowest BCUT2D eigenvalue weighted by Gasteiger charge is -2.13. The summed E-state index contributed by atoms with van der Waals surface area (Å²) in [7, 11) is 0. The van der Waals surface area contributed by atoms with Gasteiger partial charge in [0.05, 0.1) is 13.2 Å². The van der Waals surface area contributed by atoms with Gasteiger partial charge in [-0.05, 0) is 12.8 Å². The van der Waals surface area contributed by atoms with Gasteiger partial charge in [-0.25, -0.2) is 0 Å². The van der Waals surface area contributed by atoms with E-state index in [1.807, 2.05) is 0 Å². The monoisotopic (exact) mass is 222 g/mol. The van der Waals surface area contributed by atoms with Crippen molar-refractivity contribution in [1.29, 1.82) is 0 Å². The Labute approximate surface area is 93.4 Å². The van der Waals surface area contributed by atoms with Crippen LogP contribution < -0.4 is 0 Å². The maximum absolute atomic E-state index is 5.51. The zero-order valence-electron chi connectivity index (χ0n) is 8.70. The minimum atomic E-state index is 0.396. The molecule has 0 saturated carbocycles. The maximum atomic E-state index is 5.51. The zero-order valence-corrected chi connectivity index (χ0v) is 10.5. The molecule has 0 spiro atoms. The van der Waals surface area contributed by atoms with Gasteiger partial charge in [-0.3, -0.25) is 0 Å². The van der Waals surface area contributed by atoms with E-state index >= 15 is 0 Å². The Bertz CT molecular complexity index is 97.1. The second-order valence-electron chi connectivity index (χ2n) is 3.42. The summed E-state index contributed by atoms with van der Waals surface area (Å²) in [4.78, 5) is 0.